The van der Waals surface area contributed by atoms with Gasteiger partial charge in [0, 0.05) is 29.5 Å². The molecule has 5 rings (SSSR count). The number of non-ortho nitro benzene ring substituents is 1. The highest BCUT2D eigenvalue weighted by molar-refractivity contribution is 6.19. The van der Waals surface area contributed by atoms with Crippen LogP contribution in [0.5, 0.6) is 0 Å². The molecule has 0 bridgehead atoms. The summed E-state index contributed by atoms with van der Waals surface area (Å²) in [5.41, 5.74) is 4.78. The van der Waals surface area contributed by atoms with Crippen molar-refractivity contribution in [2.24, 2.45) is 22.0 Å². The van der Waals surface area contributed by atoms with E-state index in [1.54, 1.807) is 26.0 Å². The molecule has 0 saturated carbocycles. The number of carbonyl (C=O) groups is 2. The Morgan fingerprint density at radius 1 is 0.737 bits per heavy atom. The van der Waals surface area contributed by atoms with Gasteiger partial charge in [-0.1, -0.05) is 47.5 Å². The highest BCUT2D eigenvalue weighted by Crippen LogP contribution is 2.43. The van der Waals surface area contributed by atoms with E-state index in [4.69, 9.17) is 0 Å². The molecule has 0 aromatic heterocycles. The van der Waals surface area contributed by atoms with Crippen LogP contribution in [0, 0.1) is 35.8 Å². The molecule has 9 heteroatoms. The van der Waals surface area contributed by atoms with E-state index >= 15 is 0 Å². The molecule has 0 radical (unpaired) electrons. The first kappa shape index (κ1) is 25.0. The Morgan fingerprint density at radius 2 is 1.18 bits per heavy atom. The fourth-order valence-electron chi connectivity index (χ4n) is 5.15. The van der Waals surface area contributed by atoms with Crippen molar-refractivity contribution in [1.29, 1.82) is 0 Å². The lowest BCUT2D eigenvalue weighted by molar-refractivity contribution is -0.384. The first-order chi connectivity index (χ1) is 18.2. The SMILES string of the molecule is CC1=NN(c2ccc(C)cc2)C(=O)C1C(c1cccc([N+](=O)[O-])c1)C1C(=O)N(c2ccc(C)cc2)N=C1C. The predicted octanol–water partition coefficient (Wildman–Crippen LogP) is 5.37. The van der Waals surface area contributed by atoms with Gasteiger partial charge in [0.05, 0.1) is 28.1 Å². The van der Waals surface area contributed by atoms with Crippen LogP contribution in [0.2, 0.25) is 0 Å². The number of nitro groups is 1. The zero-order valence-corrected chi connectivity index (χ0v) is 21.5. The Bertz CT molecular complexity index is 1410. The number of hydrogen-bond acceptors (Lipinski definition) is 6. The lowest BCUT2D eigenvalue weighted by Gasteiger charge is -2.28. The van der Waals surface area contributed by atoms with Crippen LogP contribution in [-0.2, 0) is 9.59 Å². The maximum atomic E-state index is 13.9. The van der Waals surface area contributed by atoms with Gasteiger partial charge < -0.3 is 0 Å². The monoisotopic (exact) mass is 509 g/mol. The third kappa shape index (κ3) is 4.36. The normalized spacial score (nSPS) is 20.0. The predicted molar refractivity (Wildman–Crippen MR) is 146 cm³/mol. The second-order valence-electron chi connectivity index (χ2n) is 9.79. The second-order valence-corrected chi connectivity index (χ2v) is 9.79. The summed E-state index contributed by atoms with van der Waals surface area (Å²) in [7, 11) is 0. The summed E-state index contributed by atoms with van der Waals surface area (Å²) < 4.78 is 0. The summed E-state index contributed by atoms with van der Waals surface area (Å²) in [5, 5.41) is 23.5. The van der Waals surface area contributed by atoms with Crippen molar-refractivity contribution in [3.63, 3.8) is 0 Å². The van der Waals surface area contributed by atoms with Gasteiger partial charge in [0.25, 0.3) is 17.5 Å². The molecule has 2 amide bonds. The van der Waals surface area contributed by atoms with Crippen LogP contribution in [-0.4, -0.2) is 28.2 Å². The van der Waals surface area contributed by atoms with E-state index in [9.17, 15) is 19.7 Å². The lowest BCUT2D eigenvalue weighted by atomic mass is 9.73. The standard InChI is InChI=1S/C29H27N5O4/c1-17-8-12-22(13-9-17)32-28(35)25(19(3)30-32)27(21-6-5-7-24(16-21)34(37)38)26-20(4)31-33(29(26)36)23-14-10-18(2)11-15-23/h5-16,25-27H,1-4H3. The topological polar surface area (TPSA) is 108 Å². The molecule has 192 valence electrons. The van der Waals surface area contributed by atoms with Gasteiger partial charge in [-0.3, -0.25) is 19.7 Å². The molecule has 2 unspecified atom stereocenters. The Balaban J connectivity index is 1.59. The first-order valence-corrected chi connectivity index (χ1v) is 12.3. The molecule has 9 nitrogen and oxygen atoms in total. The summed E-state index contributed by atoms with van der Waals surface area (Å²) in [6.07, 6.45) is 0. The summed E-state index contributed by atoms with van der Waals surface area (Å²) in [6.45, 7) is 7.42. The van der Waals surface area contributed by atoms with Crippen molar-refractivity contribution < 1.29 is 14.5 Å². The fraction of sp³-hybridized carbons (Fsp3) is 0.241. The molecule has 0 fully saturated rings. The number of hydrogen-bond donors (Lipinski definition) is 0. The molecule has 38 heavy (non-hydrogen) atoms. The largest absolute Gasteiger partial charge is 0.272 e. The number of nitro benzene ring substituents is 1. The number of benzene rings is 3. The van der Waals surface area contributed by atoms with Crippen LogP contribution in [0.4, 0.5) is 17.1 Å². The molecular weight excluding hydrogens is 482 g/mol. The third-order valence-electron chi connectivity index (χ3n) is 7.11. The molecular formula is C29H27N5O4. The third-order valence-corrected chi connectivity index (χ3v) is 7.11. The molecule has 0 aliphatic carbocycles. The fourth-order valence-corrected chi connectivity index (χ4v) is 5.15. The summed E-state index contributed by atoms with van der Waals surface area (Å²) >= 11 is 0. The van der Waals surface area contributed by atoms with Crippen LogP contribution < -0.4 is 10.0 Å². The highest BCUT2D eigenvalue weighted by atomic mass is 16.6. The number of aryl methyl sites for hydroxylation is 2. The smallest absolute Gasteiger partial charge is 0.269 e. The van der Waals surface area contributed by atoms with Gasteiger partial charge in [0.15, 0.2) is 0 Å². The molecule has 2 heterocycles. The number of amides is 2. The molecule has 0 N–H and O–H groups in total. The van der Waals surface area contributed by atoms with Gasteiger partial charge in [-0.05, 0) is 57.5 Å². The zero-order valence-electron chi connectivity index (χ0n) is 21.5. The van der Waals surface area contributed by atoms with Crippen molar-refractivity contribution in [2.75, 3.05) is 10.0 Å². The Kier molecular flexibility index (Phi) is 6.36. The number of nitrogens with zero attached hydrogens (tertiary/aromatic N) is 5. The average Bonchev–Trinajstić information content (AvgIpc) is 3.36. The molecule has 2 atom stereocenters. The number of carbonyl (C=O) groups excluding carboxylic acids is 2. The summed E-state index contributed by atoms with van der Waals surface area (Å²) in [4.78, 5) is 38.9. The highest BCUT2D eigenvalue weighted by Gasteiger charge is 2.50. The lowest BCUT2D eigenvalue weighted by Crippen LogP contribution is -2.40. The van der Waals surface area contributed by atoms with Crippen LogP contribution >= 0.6 is 0 Å². The van der Waals surface area contributed by atoms with Gasteiger partial charge in [-0.25, -0.2) is 10.0 Å². The quantitative estimate of drug-likeness (QED) is 0.329. The van der Waals surface area contributed by atoms with Gasteiger partial charge in [-0.2, -0.15) is 10.2 Å². The Morgan fingerprint density at radius 3 is 1.61 bits per heavy atom. The average molecular weight is 510 g/mol. The number of hydrazone groups is 2. The van der Waals surface area contributed by atoms with Gasteiger partial charge >= 0.3 is 0 Å². The van der Waals surface area contributed by atoms with Gasteiger partial charge in [0.1, 0.15) is 0 Å². The van der Waals surface area contributed by atoms with Crippen LogP contribution in [0.25, 0.3) is 0 Å². The van der Waals surface area contributed by atoms with Crippen molar-refractivity contribution >= 4 is 40.3 Å². The van der Waals surface area contributed by atoms with E-state index in [-0.39, 0.29) is 17.5 Å². The first-order valence-electron chi connectivity index (χ1n) is 12.3. The van der Waals surface area contributed by atoms with E-state index in [2.05, 4.69) is 10.2 Å². The van der Waals surface area contributed by atoms with Gasteiger partial charge in [0.2, 0.25) is 0 Å². The molecule has 3 aromatic rings. The van der Waals surface area contributed by atoms with Gasteiger partial charge in [-0.15, -0.1) is 0 Å². The minimum absolute atomic E-state index is 0.113. The summed E-state index contributed by atoms with van der Waals surface area (Å²) in [6, 6.07) is 21.0. The zero-order chi connectivity index (χ0) is 27.1. The maximum absolute atomic E-state index is 13.9. The van der Waals surface area contributed by atoms with E-state index in [0.717, 1.165) is 11.1 Å². The molecule has 3 aromatic carbocycles. The van der Waals surface area contributed by atoms with Crippen molar-refractivity contribution in [3.05, 3.63) is 99.6 Å². The summed E-state index contributed by atoms with van der Waals surface area (Å²) in [5.74, 6) is -2.95. The number of rotatable bonds is 6. The van der Waals surface area contributed by atoms with Crippen molar-refractivity contribution in [2.45, 2.75) is 33.6 Å². The van der Waals surface area contributed by atoms with Crippen molar-refractivity contribution in [3.8, 4) is 0 Å². The van der Waals surface area contributed by atoms with E-state index < -0.39 is 22.7 Å². The minimum atomic E-state index is -0.810. The maximum Gasteiger partial charge on any atom is 0.269 e. The Labute approximate surface area is 220 Å². The second kappa shape index (κ2) is 9.66. The molecule has 0 spiro atoms. The molecule has 0 saturated heterocycles. The molecule has 2 aliphatic heterocycles. The van der Waals surface area contributed by atoms with E-state index in [1.807, 2.05) is 62.4 Å². The van der Waals surface area contributed by atoms with E-state index in [0.29, 0.717) is 28.4 Å². The Hall–Kier alpha value is -4.66. The number of anilines is 2. The van der Waals surface area contributed by atoms with E-state index in [1.165, 1.54) is 22.2 Å². The van der Waals surface area contributed by atoms with Crippen molar-refractivity contribution in [1.82, 2.24) is 0 Å². The van der Waals surface area contributed by atoms with Crippen LogP contribution in [0.1, 0.15) is 36.5 Å². The minimum Gasteiger partial charge on any atom is -0.272 e. The van der Waals surface area contributed by atoms with Crippen LogP contribution in [0.15, 0.2) is 83.0 Å². The molecule has 2 aliphatic rings. The van der Waals surface area contributed by atoms with Crippen LogP contribution in [0.3, 0.4) is 0 Å².